The molecule has 0 aliphatic heterocycles. The molecule has 4 heteroatoms. The summed E-state index contributed by atoms with van der Waals surface area (Å²) in [6.07, 6.45) is 2.05. The number of rotatable bonds is 8. The molecule has 0 spiro atoms. The van der Waals surface area contributed by atoms with Crippen molar-refractivity contribution in [2.45, 2.75) is 39.7 Å². The third kappa shape index (κ3) is 4.57. The molecule has 24 heavy (non-hydrogen) atoms. The number of hydrogen-bond acceptors (Lipinski definition) is 3. The number of nitrogens with two attached hydrogens (primary N) is 1. The Morgan fingerprint density at radius 1 is 1.17 bits per heavy atom. The average molecular weight is 326 g/mol. The first kappa shape index (κ1) is 18.0. The molecule has 2 N–H and O–H groups in total. The van der Waals surface area contributed by atoms with Crippen LogP contribution in [0.15, 0.2) is 47.6 Å². The predicted octanol–water partition coefficient (Wildman–Crippen LogP) is 3.69. The van der Waals surface area contributed by atoms with Crippen LogP contribution in [-0.4, -0.2) is 19.7 Å². The molecule has 0 amide bonds. The fourth-order valence-electron chi connectivity index (χ4n) is 2.60. The van der Waals surface area contributed by atoms with Crippen LogP contribution in [0.4, 0.5) is 11.4 Å². The van der Waals surface area contributed by atoms with E-state index in [9.17, 15) is 0 Å². The van der Waals surface area contributed by atoms with Crippen molar-refractivity contribution in [1.29, 1.82) is 0 Å². The second kappa shape index (κ2) is 8.48. The van der Waals surface area contributed by atoms with E-state index in [1.807, 2.05) is 18.2 Å². The molecule has 4 nitrogen and oxygen atoms in total. The Morgan fingerprint density at radius 3 is 2.50 bits per heavy atom. The van der Waals surface area contributed by atoms with Gasteiger partial charge in [-0.05, 0) is 61.3 Å². The lowest BCUT2D eigenvalue weighted by atomic mass is 10.1. The zero-order valence-corrected chi connectivity index (χ0v) is 15.1. The average Bonchev–Trinajstić information content (AvgIpc) is 2.60. The van der Waals surface area contributed by atoms with E-state index in [4.69, 9.17) is 10.3 Å². The van der Waals surface area contributed by atoms with E-state index in [0.717, 1.165) is 30.0 Å². The lowest BCUT2D eigenvalue weighted by Crippen LogP contribution is -2.34. The highest BCUT2D eigenvalue weighted by atomic mass is 16.5. The predicted molar refractivity (Wildman–Crippen MR) is 99.0 cm³/mol. The molecule has 0 saturated heterocycles. The van der Waals surface area contributed by atoms with Crippen LogP contribution in [0.2, 0.25) is 0 Å². The topological polar surface area (TPSA) is 50.4 Å². The maximum Gasteiger partial charge on any atom is 0.133 e. The van der Waals surface area contributed by atoms with Gasteiger partial charge in [0, 0.05) is 12.7 Å². The van der Waals surface area contributed by atoms with Crippen LogP contribution in [0.1, 0.15) is 31.4 Å². The molecule has 0 saturated carbocycles. The van der Waals surface area contributed by atoms with Crippen molar-refractivity contribution in [3.05, 3.63) is 53.6 Å². The normalized spacial score (nSPS) is 11.8. The second-order valence-corrected chi connectivity index (χ2v) is 6.28. The fourth-order valence-corrected chi connectivity index (χ4v) is 2.60. The van der Waals surface area contributed by atoms with E-state index in [2.05, 4.69) is 62.1 Å². The van der Waals surface area contributed by atoms with Crippen molar-refractivity contribution in [3.8, 4) is 5.75 Å². The highest BCUT2D eigenvalue weighted by Gasteiger charge is 2.13. The third-order valence-electron chi connectivity index (χ3n) is 4.30. The molecular formula is C20H28N3O+. The van der Waals surface area contributed by atoms with E-state index >= 15 is 0 Å². The molecule has 0 heterocycles. The van der Waals surface area contributed by atoms with E-state index in [0.29, 0.717) is 6.61 Å². The highest BCUT2D eigenvalue weighted by Crippen LogP contribution is 2.26. The van der Waals surface area contributed by atoms with Gasteiger partial charge in [0.1, 0.15) is 18.0 Å². The van der Waals surface area contributed by atoms with Gasteiger partial charge in [-0.15, -0.1) is 0 Å². The molecule has 0 bridgehead atoms. The second-order valence-electron chi connectivity index (χ2n) is 6.28. The number of hydrogen-bond donors (Lipinski definition) is 1. The minimum atomic E-state index is 0.251. The monoisotopic (exact) mass is 326 g/mol. The summed E-state index contributed by atoms with van der Waals surface area (Å²) in [6, 6.07) is 14.6. The number of ether oxygens (including phenoxy) is 1. The van der Waals surface area contributed by atoms with Crippen molar-refractivity contribution in [1.82, 2.24) is 0 Å². The maximum atomic E-state index is 5.91. The van der Waals surface area contributed by atoms with Crippen LogP contribution in [0.3, 0.4) is 0 Å². The first-order chi connectivity index (χ1) is 11.5. The Balaban J connectivity index is 2.03. The summed E-state index contributed by atoms with van der Waals surface area (Å²) >= 11 is 0. The molecule has 0 aliphatic rings. The van der Waals surface area contributed by atoms with Crippen LogP contribution in [-0.2, 0) is 6.42 Å². The zero-order chi connectivity index (χ0) is 17.5. The Labute approximate surface area is 145 Å². The molecule has 0 aliphatic carbocycles. The van der Waals surface area contributed by atoms with Gasteiger partial charge in [0.2, 0.25) is 0 Å². The van der Waals surface area contributed by atoms with E-state index in [1.165, 1.54) is 11.1 Å². The van der Waals surface area contributed by atoms with Gasteiger partial charge in [-0.3, -0.25) is 0 Å². The molecular weight excluding hydrogens is 298 g/mol. The molecule has 0 radical (unpaired) electrons. The van der Waals surface area contributed by atoms with Gasteiger partial charge >= 0.3 is 0 Å². The Morgan fingerprint density at radius 2 is 1.88 bits per heavy atom. The first-order valence-electron chi connectivity index (χ1n) is 8.51. The molecule has 0 fully saturated rings. The summed E-state index contributed by atoms with van der Waals surface area (Å²) in [5.41, 5.74) is 9.94. The Hall–Kier alpha value is -2.36. The first-order valence-corrected chi connectivity index (χ1v) is 8.51. The summed E-state index contributed by atoms with van der Waals surface area (Å²) in [4.78, 5) is 2.23. The van der Waals surface area contributed by atoms with Crippen LogP contribution in [0.5, 0.6) is 5.75 Å². The SMILES string of the molecule is CCCc1cc(N(C)C(C)COc2ccc(C)cc2)ccc1N=[NH2+]. The molecule has 0 aromatic heterocycles. The largest absolute Gasteiger partial charge is 0.491 e. The van der Waals surface area contributed by atoms with Gasteiger partial charge in [-0.1, -0.05) is 31.0 Å². The molecule has 2 aromatic carbocycles. The van der Waals surface area contributed by atoms with Crippen LogP contribution < -0.4 is 15.2 Å². The van der Waals surface area contributed by atoms with E-state index in [1.54, 1.807) is 0 Å². The maximum absolute atomic E-state index is 5.91. The summed E-state index contributed by atoms with van der Waals surface area (Å²) in [6.45, 7) is 7.03. The smallest absolute Gasteiger partial charge is 0.133 e. The van der Waals surface area contributed by atoms with Gasteiger partial charge in [-0.25, -0.2) is 0 Å². The van der Waals surface area contributed by atoms with Gasteiger partial charge in [0.05, 0.1) is 6.04 Å². The Kier molecular flexibility index (Phi) is 6.36. The molecule has 128 valence electrons. The quantitative estimate of drug-likeness (QED) is 0.752. The number of aryl methyl sites for hydroxylation is 2. The zero-order valence-electron chi connectivity index (χ0n) is 15.1. The molecule has 2 rings (SSSR count). The van der Waals surface area contributed by atoms with Crippen LogP contribution >= 0.6 is 0 Å². The van der Waals surface area contributed by atoms with Gasteiger partial charge in [-0.2, -0.15) is 5.53 Å². The van der Waals surface area contributed by atoms with Crippen molar-refractivity contribution < 1.29 is 10.3 Å². The molecule has 2 aromatic rings. The summed E-state index contributed by atoms with van der Waals surface area (Å²) in [5.74, 6) is 0.907. The van der Waals surface area contributed by atoms with Gasteiger partial charge in [0.15, 0.2) is 0 Å². The number of nitrogens with zero attached hydrogens (tertiary/aromatic N) is 2. The van der Waals surface area contributed by atoms with Crippen LogP contribution in [0.25, 0.3) is 0 Å². The van der Waals surface area contributed by atoms with Gasteiger partial charge < -0.3 is 9.64 Å². The van der Waals surface area contributed by atoms with Crippen LogP contribution in [0, 0.1) is 6.92 Å². The molecule has 1 unspecified atom stereocenters. The summed E-state index contributed by atoms with van der Waals surface area (Å²) in [5, 5.41) is 3.87. The summed E-state index contributed by atoms with van der Waals surface area (Å²) in [7, 11) is 2.09. The van der Waals surface area contributed by atoms with Crippen molar-refractivity contribution in [3.63, 3.8) is 0 Å². The minimum Gasteiger partial charge on any atom is -0.491 e. The lowest BCUT2D eigenvalue weighted by molar-refractivity contribution is -0.210. The summed E-state index contributed by atoms with van der Waals surface area (Å²) < 4.78 is 5.91. The number of anilines is 1. The third-order valence-corrected chi connectivity index (χ3v) is 4.30. The van der Waals surface area contributed by atoms with E-state index < -0.39 is 0 Å². The number of likely N-dealkylation sites (N-methyl/N-ethyl adjacent to an activating group) is 1. The fraction of sp³-hybridized carbons (Fsp3) is 0.400. The Bertz CT molecular complexity index is 667. The molecule has 1 atom stereocenters. The van der Waals surface area contributed by atoms with Crippen molar-refractivity contribution in [2.24, 2.45) is 5.11 Å². The minimum absolute atomic E-state index is 0.251. The standard InChI is InChI=1S/C20H27N3O/c1-5-6-17-13-18(9-12-20(17)22-21)23(4)16(3)14-24-19-10-7-15(2)8-11-19/h7-13,16,21H,5-6,14H2,1-4H3/p+1. The van der Waals surface area contributed by atoms with Crippen molar-refractivity contribution >= 4 is 11.4 Å². The van der Waals surface area contributed by atoms with E-state index in [-0.39, 0.29) is 6.04 Å². The van der Waals surface area contributed by atoms with Crippen molar-refractivity contribution in [2.75, 3.05) is 18.6 Å². The number of benzene rings is 2. The highest BCUT2D eigenvalue weighted by molar-refractivity contribution is 5.58. The van der Waals surface area contributed by atoms with Gasteiger partial charge in [0.25, 0.3) is 0 Å². The lowest BCUT2D eigenvalue weighted by Gasteiger charge is -2.27.